The van der Waals surface area contributed by atoms with Crippen molar-refractivity contribution < 1.29 is 23.7 Å². The largest absolute Gasteiger partial charge is 0.504 e. The number of hydrogen-bond acceptors (Lipinski definition) is 5. The van der Waals surface area contributed by atoms with Gasteiger partial charge in [-0.2, -0.15) is 0 Å². The number of aromatic hydroxyl groups is 1. The lowest BCUT2D eigenvalue weighted by Crippen LogP contribution is -2.32. The second-order valence-electron chi connectivity index (χ2n) is 10.3. The number of hydrogen-bond donors (Lipinski definition) is 2. The summed E-state index contributed by atoms with van der Waals surface area (Å²) in [6.07, 6.45) is 4.19. The Morgan fingerprint density at radius 1 is 0.923 bits per heavy atom. The molecule has 6 heteroatoms. The third kappa shape index (κ3) is 4.48. The molecule has 0 radical (unpaired) electrons. The van der Waals surface area contributed by atoms with Gasteiger partial charge in [-0.15, -0.1) is 0 Å². The highest BCUT2D eigenvalue weighted by Gasteiger charge is 2.33. The summed E-state index contributed by atoms with van der Waals surface area (Å²) in [5, 5.41) is 14.2. The SMILES string of the molecule is COc1c(O)ccc2c1-c1ccc3c(c1C(=Cc1cccc(Oc4ccc(F)cc4)c1)O2)C(C)=CC(C)(C)N3. The van der Waals surface area contributed by atoms with Crippen molar-refractivity contribution >= 4 is 23.1 Å². The van der Waals surface area contributed by atoms with E-state index in [0.29, 0.717) is 34.3 Å². The van der Waals surface area contributed by atoms with Crippen LogP contribution >= 0.6 is 0 Å². The summed E-state index contributed by atoms with van der Waals surface area (Å²) in [6, 6.07) is 21.0. The van der Waals surface area contributed by atoms with Gasteiger partial charge in [0.05, 0.1) is 18.2 Å². The van der Waals surface area contributed by atoms with Crippen LogP contribution in [0.4, 0.5) is 10.1 Å². The molecule has 0 aliphatic carbocycles. The molecule has 0 unspecified atom stereocenters. The van der Waals surface area contributed by atoms with Crippen LogP contribution in [-0.2, 0) is 0 Å². The van der Waals surface area contributed by atoms with Crippen molar-refractivity contribution in [2.45, 2.75) is 26.3 Å². The van der Waals surface area contributed by atoms with Crippen LogP contribution in [0.1, 0.15) is 37.5 Å². The van der Waals surface area contributed by atoms with Crippen LogP contribution in [0.5, 0.6) is 28.7 Å². The summed E-state index contributed by atoms with van der Waals surface area (Å²) < 4.78 is 31.4. The van der Waals surface area contributed by atoms with E-state index < -0.39 is 0 Å². The zero-order chi connectivity index (χ0) is 27.3. The summed E-state index contributed by atoms with van der Waals surface area (Å²) in [5.74, 6) is 2.52. The van der Waals surface area contributed by atoms with E-state index in [9.17, 15) is 9.50 Å². The first-order chi connectivity index (χ1) is 18.7. The molecule has 2 heterocycles. The Labute approximate surface area is 226 Å². The molecule has 6 rings (SSSR count). The van der Waals surface area contributed by atoms with E-state index in [1.807, 2.05) is 36.4 Å². The third-order valence-electron chi connectivity index (χ3n) is 6.88. The molecule has 0 bridgehead atoms. The Morgan fingerprint density at radius 3 is 2.49 bits per heavy atom. The van der Waals surface area contributed by atoms with E-state index in [1.165, 1.54) is 12.1 Å². The Bertz CT molecular complexity index is 1670. The molecule has 0 atom stereocenters. The van der Waals surface area contributed by atoms with Crippen molar-refractivity contribution in [3.05, 3.63) is 101 Å². The lowest BCUT2D eigenvalue weighted by Gasteiger charge is -2.35. The Morgan fingerprint density at radius 2 is 1.72 bits per heavy atom. The van der Waals surface area contributed by atoms with Crippen LogP contribution in [-0.4, -0.2) is 17.8 Å². The highest BCUT2D eigenvalue weighted by Crippen LogP contribution is 2.54. The fourth-order valence-electron chi connectivity index (χ4n) is 5.41. The van der Waals surface area contributed by atoms with E-state index >= 15 is 0 Å². The van der Waals surface area contributed by atoms with Gasteiger partial charge in [-0.25, -0.2) is 4.39 Å². The van der Waals surface area contributed by atoms with E-state index in [4.69, 9.17) is 14.2 Å². The minimum absolute atomic E-state index is 0.0492. The fourth-order valence-corrected chi connectivity index (χ4v) is 5.41. The first-order valence-electron chi connectivity index (χ1n) is 12.7. The predicted molar refractivity (Wildman–Crippen MR) is 153 cm³/mol. The van der Waals surface area contributed by atoms with Gasteiger partial charge in [0.1, 0.15) is 28.8 Å². The van der Waals surface area contributed by atoms with Crippen molar-refractivity contribution in [1.82, 2.24) is 0 Å². The summed E-state index contributed by atoms with van der Waals surface area (Å²) in [5.41, 5.74) is 6.34. The topological polar surface area (TPSA) is 60.0 Å². The standard InChI is InChI=1S/C33H28FNO4/c1-19-18-33(2,3)35-25-13-12-24-30(29(19)25)28(39-27-15-14-26(36)32(37-4)31(24)27)17-20-6-5-7-23(16-20)38-22-10-8-21(34)9-11-22/h5-18,35-36H,1-4H3. The highest BCUT2D eigenvalue weighted by molar-refractivity contribution is 6.02. The van der Waals surface area contributed by atoms with Gasteiger partial charge in [0, 0.05) is 22.4 Å². The number of halogens is 1. The number of rotatable bonds is 4. The van der Waals surface area contributed by atoms with Crippen LogP contribution in [0.3, 0.4) is 0 Å². The fraction of sp³-hybridized carbons (Fsp3) is 0.152. The zero-order valence-electron chi connectivity index (χ0n) is 22.1. The van der Waals surface area contributed by atoms with Gasteiger partial charge in [-0.1, -0.05) is 24.3 Å². The van der Waals surface area contributed by atoms with E-state index in [2.05, 4.69) is 38.2 Å². The van der Waals surface area contributed by atoms with Crippen molar-refractivity contribution in [1.29, 1.82) is 0 Å². The average Bonchev–Trinajstić information content (AvgIpc) is 2.89. The summed E-state index contributed by atoms with van der Waals surface area (Å²) in [6.45, 7) is 6.37. The summed E-state index contributed by atoms with van der Waals surface area (Å²) >= 11 is 0. The maximum absolute atomic E-state index is 13.3. The number of fused-ring (bicyclic) bond motifs is 5. The van der Waals surface area contributed by atoms with Gasteiger partial charge in [0.25, 0.3) is 0 Å². The minimum Gasteiger partial charge on any atom is -0.504 e. The molecule has 0 spiro atoms. The first-order valence-corrected chi connectivity index (χ1v) is 12.7. The van der Waals surface area contributed by atoms with E-state index in [0.717, 1.165) is 33.5 Å². The van der Waals surface area contributed by atoms with Gasteiger partial charge in [0.15, 0.2) is 11.5 Å². The molecular weight excluding hydrogens is 493 g/mol. The Kier molecular flexibility index (Phi) is 5.83. The molecule has 0 saturated carbocycles. The predicted octanol–water partition coefficient (Wildman–Crippen LogP) is 8.50. The minimum atomic E-state index is -0.315. The molecule has 0 saturated heterocycles. The number of phenolic OH excluding ortho intramolecular Hbond substituents is 1. The van der Waals surface area contributed by atoms with Crippen molar-refractivity contribution in [3.8, 4) is 39.9 Å². The van der Waals surface area contributed by atoms with Gasteiger partial charge >= 0.3 is 0 Å². The van der Waals surface area contributed by atoms with Gasteiger partial charge < -0.3 is 24.6 Å². The number of allylic oxidation sites excluding steroid dienone is 1. The molecule has 0 aromatic heterocycles. The normalized spacial score (nSPS) is 15.7. The molecule has 4 aromatic rings. The van der Waals surface area contributed by atoms with Gasteiger partial charge in [-0.3, -0.25) is 0 Å². The molecule has 4 aromatic carbocycles. The molecule has 196 valence electrons. The number of benzene rings is 4. The Balaban J connectivity index is 1.51. The maximum atomic E-state index is 13.3. The van der Waals surface area contributed by atoms with Crippen LogP contribution in [0, 0.1) is 5.82 Å². The summed E-state index contributed by atoms with van der Waals surface area (Å²) in [4.78, 5) is 0. The quantitative estimate of drug-likeness (QED) is 0.282. The molecule has 39 heavy (non-hydrogen) atoms. The number of methoxy groups -OCH3 is 1. The molecule has 0 fully saturated rings. The molecule has 5 nitrogen and oxygen atoms in total. The van der Waals surface area contributed by atoms with Crippen LogP contribution in [0.25, 0.3) is 28.5 Å². The first kappa shape index (κ1) is 24.6. The van der Waals surface area contributed by atoms with E-state index in [1.54, 1.807) is 31.4 Å². The van der Waals surface area contributed by atoms with Gasteiger partial charge in [-0.05, 0) is 92.6 Å². The second kappa shape index (κ2) is 9.24. The third-order valence-corrected chi connectivity index (χ3v) is 6.88. The van der Waals surface area contributed by atoms with Crippen molar-refractivity contribution in [2.75, 3.05) is 12.4 Å². The van der Waals surface area contributed by atoms with Crippen LogP contribution < -0.4 is 19.5 Å². The van der Waals surface area contributed by atoms with Crippen molar-refractivity contribution in [2.24, 2.45) is 0 Å². The van der Waals surface area contributed by atoms with Gasteiger partial charge in [0.2, 0.25) is 0 Å². The van der Waals surface area contributed by atoms with Crippen LogP contribution in [0.2, 0.25) is 0 Å². The maximum Gasteiger partial charge on any atom is 0.172 e. The Hall–Kier alpha value is -4.71. The second-order valence-corrected chi connectivity index (χ2v) is 10.3. The smallest absolute Gasteiger partial charge is 0.172 e. The van der Waals surface area contributed by atoms with Crippen LogP contribution in [0.15, 0.2) is 78.9 Å². The lowest BCUT2D eigenvalue weighted by atomic mass is 9.83. The number of ether oxygens (including phenoxy) is 3. The lowest BCUT2D eigenvalue weighted by molar-refractivity contribution is 0.371. The molecular formula is C33H28FNO4. The molecule has 2 N–H and O–H groups in total. The molecule has 0 amide bonds. The average molecular weight is 522 g/mol. The number of nitrogens with one attached hydrogen (secondary N) is 1. The number of anilines is 1. The monoisotopic (exact) mass is 521 g/mol. The molecule has 2 aliphatic heterocycles. The van der Waals surface area contributed by atoms with Crippen molar-refractivity contribution in [3.63, 3.8) is 0 Å². The zero-order valence-corrected chi connectivity index (χ0v) is 22.1. The number of phenols is 1. The molecule has 2 aliphatic rings. The summed E-state index contributed by atoms with van der Waals surface area (Å²) in [7, 11) is 1.54. The van der Waals surface area contributed by atoms with E-state index in [-0.39, 0.29) is 17.1 Å². The highest BCUT2D eigenvalue weighted by atomic mass is 19.1.